The SMILES string of the molecule is CCC1CCN(S(=O)(=O)c2ccc(Cl)c([N+](=O)[O-])c2)C1. The van der Waals surface area contributed by atoms with E-state index in [-0.39, 0.29) is 15.6 Å². The molecule has 8 heteroatoms. The molecule has 0 spiro atoms. The molecule has 6 nitrogen and oxygen atoms in total. The molecule has 0 amide bonds. The molecule has 1 saturated heterocycles. The van der Waals surface area contributed by atoms with Gasteiger partial charge in [0.25, 0.3) is 5.69 Å². The third kappa shape index (κ3) is 2.79. The highest BCUT2D eigenvalue weighted by atomic mass is 35.5. The Morgan fingerprint density at radius 2 is 2.20 bits per heavy atom. The van der Waals surface area contributed by atoms with E-state index in [1.807, 2.05) is 6.92 Å². The summed E-state index contributed by atoms with van der Waals surface area (Å²) in [6.45, 7) is 2.94. The van der Waals surface area contributed by atoms with Gasteiger partial charge in [-0.3, -0.25) is 10.1 Å². The van der Waals surface area contributed by atoms with Crippen LogP contribution in [0.4, 0.5) is 5.69 Å². The molecule has 0 N–H and O–H groups in total. The summed E-state index contributed by atoms with van der Waals surface area (Å²) >= 11 is 5.70. The highest BCUT2D eigenvalue weighted by molar-refractivity contribution is 7.89. The Labute approximate surface area is 122 Å². The fourth-order valence-electron chi connectivity index (χ4n) is 2.29. The Morgan fingerprint density at radius 3 is 2.75 bits per heavy atom. The van der Waals surface area contributed by atoms with E-state index in [9.17, 15) is 18.5 Å². The molecule has 1 atom stereocenters. The van der Waals surface area contributed by atoms with Crippen LogP contribution in [0.1, 0.15) is 19.8 Å². The third-order valence-corrected chi connectivity index (χ3v) is 5.76. The fraction of sp³-hybridized carbons (Fsp3) is 0.500. The first-order valence-corrected chi connectivity index (χ1v) is 8.12. The summed E-state index contributed by atoms with van der Waals surface area (Å²) in [6.07, 6.45) is 1.75. The summed E-state index contributed by atoms with van der Waals surface area (Å²) in [5, 5.41) is 10.8. The van der Waals surface area contributed by atoms with Gasteiger partial charge in [-0.2, -0.15) is 4.31 Å². The zero-order valence-corrected chi connectivity index (χ0v) is 12.5. The van der Waals surface area contributed by atoms with E-state index in [1.54, 1.807) is 0 Å². The van der Waals surface area contributed by atoms with E-state index < -0.39 is 14.9 Å². The van der Waals surface area contributed by atoms with Crippen molar-refractivity contribution in [2.24, 2.45) is 5.92 Å². The number of sulfonamides is 1. The zero-order chi connectivity index (χ0) is 14.9. The Balaban J connectivity index is 2.35. The van der Waals surface area contributed by atoms with Crippen LogP contribution in [0.25, 0.3) is 0 Å². The van der Waals surface area contributed by atoms with Crippen molar-refractivity contribution in [2.75, 3.05) is 13.1 Å². The first kappa shape index (κ1) is 15.2. The molecule has 1 heterocycles. The number of nitrogens with zero attached hydrogens (tertiary/aromatic N) is 2. The maximum Gasteiger partial charge on any atom is 0.289 e. The smallest absolute Gasteiger partial charge is 0.258 e. The summed E-state index contributed by atoms with van der Waals surface area (Å²) in [5.41, 5.74) is -0.390. The van der Waals surface area contributed by atoms with Crippen molar-refractivity contribution in [1.82, 2.24) is 4.31 Å². The molecule has 1 fully saturated rings. The molecule has 0 aromatic heterocycles. The van der Waals surface area contributed by atoms with E-state index in [0.717, 1.165) is 18.9 Å². The van der Waals surface area contributed by atoms with Crippen LogP contribution in [0.15, 0.2) is 23.1 Å². The number of halogens is 1. The number of benzene rings is 1. The lowest BCUT2D eigenvalue weighted by Crippen LogP contribution is -2.28. The Kier molecular flexibility index (Phi) is 4.31. The molecule has 0 saturated carbocycles. The van der Waals surface area contributed by atoms with Crippen molar-refractivity contribution in [2.45, 2.75) is 24.7 Å². The van der Waals surface area contributed by atoms with Crippen LogP contribution in [0.2, 0.25) is 5.02 Å². The van der Waals surface area contributed by atoms with E-state index in [0.29, 0.717) is 19.0 Å². The van der Waals surface area contributed by atoms with Gasteiger partial charge in [-0.25, -0.2) is 8.42 Å². The molecule has 1 unspecified atom stereocenters. The molecule has 0 aliphatic carbocycles. The Morgan fingerprint density at radius 1 is 1.50 bits per heavy atom. The van der Waals surface area contributed by atoms with Gasteiger partial charge in [0.15, 0.2) is 0 Å². The molecule has 1 aliphatic heterocycles. The van der Waals surface area contributed by atoms with Crippen molar-refractivity contribution in [3.05, 3.63) is 33.3 Å². The van der Waals surface area contributed by atoms with Crippen LogP contribution in [-0.2, 0) is 10.0 Å². The van der Waals surface area contributed by atoms with Crippen molar-refractivity contribution in [3.8, 4) is 0 Å². The van der Waals surface area contributed by atoms with Gasteiger partial charge in [0.2, 0.25) is 10.0 Å². The second kappa shape index (κ2) is 5.67. The highest BCUT2D eigenvalue weighted by Gasteiger charge is 2.32. The molecular weight excluding hydrogens is 304 g/mol. The first-order valence-electron chi connectivity index (χ1n) is 6.30. The molecular formula is C12H15ClN2O4S. The van der Waals surface area contributed by atoms with Gasteiger partial charge < -0.3 is 0 Å². The van der Waals surface area contributed by atoms with Gasteiger partial charge in [-0.05, 0) is 24.5 Å². The maximum atomic E-state index is 12.4. The number of hydrogen-bond donors (Lipinski definition) is 0. The molecule has 20 heavy (non-hydrogen) atoms. The summed E-state index contributed by atoms with van der Waals surface area (Å²) in [4.78, 5) is 10.1. The van der Waals surface area contributed by atoms with Crippen molar-refractivity contribution < 1.29 is 13.3 Å². The van der Waals surface area contributed by atoms with Gasteiger partial charge in [-0.15, -0.1) is 0 Å². The minimum Gasteiger partial charge on any atom is -0.258 e. The number of nitro groups is 1. The lowest BCUT2D eigenvalue weighted by molar-refractivity contribution is -0.384. The third-order valence-electron chi connectivity index (χ3n) is 3.58. The zero-order valence-electron chi connectivity index (χ0n) is 11.0. The normalized spacial score (nSPS) is 20.2. The average Bonchev–Trinajstić information content (AvgIpc) is 2.88. The van der Waals surface area contributed by atoms with Gasteiger partial charge in [-0.1, -0.05) is 24.9 Å². The van der Waals surface area contributed by atoms with Crippen LogP contribution in [0.3, 0.4) is 0 Å². The van der Waals surface area contributed by atoms with Crippen molar-refractivity contribution in [3.63, 3.8) is 0 Å². The monoisotopic (exact) mass is 318 g/mol. The summed E-state index contributed by atoms with van der Waals surface area (Å²) in [5.74, 6) is 0.354. The van der Waals surface area contributed by atoms with E-state index >= 15 is 0 Å². The second-order valence-corrected chi connectivity index (χ2v) is 7.14. The van der Waals surface area contributed by atoms with E-state index in [1.165, 1.54) is 16.4 Å². The maximum absolute atomic E-state index is 12.4. The first-order chi connectivity index (χ1) is 9.36. The molecule has 110 valence electrons. The summed E-state index contributed by atoms with van der Waals surface area (Å²) < 4.78 is 26.3. The molecule has 2 rings (SSSR count). The Bertz CT molecular complexity index is 632. The lowest BCUT2D eigenvalue weighted by atomic mass is 10.1. The van der Waals surface area contributed by atoms with Gasteiger partial charge >= 0.3 is 0 Å². The minimum absolute atomic E-state index is 0.0678. The predicted octanol–water partition coefficient (Wildman–Crippen LogP) is 2.67. The number of hydrogen-bond acceptors (Lipinski definition) is 4. The minimum atomic E-state index is -3.68. The molecule has 0 bridgehead atoms. The fourth-order valence-corrected chi connectivity index (χ4v) is 4.03. The van der Waals surface area contributed by atoms with Gasteiger partial charge in [0.05, 0.1) is 9.82 Å². The largest absolute Gasteiger partial charge is 0.289 e. The quantitative estimate of drug-likeness (QED) is 0.631. The van der Waals surface area contributed by atoms with Crippen LogP contribution < -0.4 is 0 Å². The summed E-state index contributed by atoms with van der Waals surface area (Å²) in [7, 11) is -3.68. The average molecular weight is 319 g/mol. The second-order valence-electron chi connectivity index (χ2n) is 4.80. The molecule has 1 aromatic rings. The number of rotatable bonds is 4. The van der Waals surface area contributed by atoms with Gasteiger partial charge in [0, 0.05) is 19.2 Å². The highest BCUT2D eigenvalue weighted by Crippen LogP contribution is 2.31. The van der Waals surface area contributed by atoms with Crippen molar-refractivity contribution in [1.29, 1.82) is 0 Å². The molecule has 1 aliphatic rings. The summed E-state index contributed by atoms with van der Waals surface area (Å²) in [6, 6.07) is 3.58. The predicted molar refractivity (Wildman–Crippen MR) is 75.3 cm³/mol. The van der Waals surface area contributed by atoms with Crippen molar-refractivity contribution >= 4 is 27.3 Å². The van der Waals surface area contributed by atoms with E-state index in [4.69, 9.17) is 11.6 Å². The molecule has 0 radical (unpaired) electrons. The topological polar surface area (TPSA) is 80.5 Å². The Hall–Kier alpha value is -1.18. The molecule has 1 aromatic carbocycles. The van der Waals surface area contributed by atoms with Gasteiger partial charge in [0.1, 0.15) is 5.02 Å². The standard InChI is InChI=1S/C12H15ClN2O4S/c1-2-9-5-6-14(8-9)20(18,19)10-3-4-11(13)12(7-10)15(16)17/h3-4,7,9H,2,5-6,8H2,1H3. The van der Waals surface area contributed by atoms with Crippen LogP contribution in [-0.4, -0.2) is 30.7 Å². The lowest BCUT2D eigenvalue weighted by Gasteiger charge is -2.16. The van der Waals surface area contributed by atoms with Crippen LogP contribution >= 0.6 is 11.6 Å². The van der Waals surface area contributed by atoms with E-state index in [2.05, 4.69) is 0 Å². The number of nitro benzene ring substituents is 1. The van der Waals surface area contributed by atoms with Crippen LogP contribution in [0.5, 0.6) is 0 Å². The van der Waals surface area contributed by atoms with Crippen LogP contribution in [0, 0.1) is 16.0 Å².